The molecule has 4 aromatic rings. The van der Waals surface area contributed by atoms with Gasteiger partial charge in [0.15, 0.2) is 5.13 Å². The molecule has 0 atom stereocenters. The van der Waals surface area contributed by atoms with Gasteiger partial charge in [-0.05, 0) is 67.3 Å². The van der Waals surface area contributed by atoms with Crippen molar-refractivity contribution in [1.82, 2.24) is 14.2 Å². The largest absolute Gasteiger partial charge is 0.379 e. The Hall–Kier alpha value is -3.15. The number of amides is 1. The van der Waals surface area contributed by atoms with E-state index in [1.54, 1.807) is 17.0 Å². The molecule has 1 fully saturated rings. The van der Waals surface area contributed by atoms with Crippen LogP contribution in [0.3, 0.4) is 0 Å². The number of fused-ring (bicyclic) bond motifs is 1. The summed E-state index contributed by atoms with van der Waals surface area (Å²) in [6, 6.07) is 20.0. The van der Waals surface area contributed by atoms with Gasteiger partial charge in [-0.3, -0.25) is 14.6 Å². The van der Waals surface area contributed by atoms with Crippen LogP contribution in [0.2, 0.25) is 0 Å². The Morgan fingerprint density at radius 3 is 2.43 bits per heavy atom. The van der Waals surface area contributed by atoms with Crippen molar-refractivity contribution in [1.29, 1.82) is 0 Å². The topological polar surface area (TPSA) is 83.1 Å². The van der Waals surface area contributed by atoms with Gasteiger partial charge >= 0.3 is 0 Å². The number of thiazole rings is 1. The number of carbonyl (C=O) groups is 1. The molecule has 0 saturated carbocycles. The number of anilines is 1. The standard InChI is InChI=1S/C32H38N4O4S2/c1-4-35(23-26-9-6-5-7-10-26)42(38,39)28-13-11-27(12-14-28)31(37)36(16-8-15-34-17-19-40-20-18-34)32-33-29-22-24(2)21-25(3)30(29)41-32/h5-7,9-14,21-22H,4,8,15-20,23H2,1-3H3. The summed E-state index contributed by atoms with van der Waals surface area (Å²) in [5, 5.41) is 0.655. The van der Waals surface area contributed by atoms with E-state index in [0.29, 0.717) is 23.8 Å². The summed E-state index contributed by atoms with van der Waals surface area (Å²) in [7, 11) is -3.73. The van der Waals surface area contributed by atoms with Crippen molar-refractivity contribution in [2.45, 2.75) is 38.6 Å². The monoisotopic (exact) mass is 606 g/mol. The van der Waals surface area contributed by atoms with Crippen molar-refractivity contribution in [2.24, 2.45) is 0 Å². The van der Waals surface area contributed by atoms with Gasteiger partial charge in [-0.15, -0.1) is 0 Å². The maximum absolute atomic E-state index is 13.9. The lowest BCUT2D eigenvalue weighted by atomic mass is 10.1. The van der Waals surface area contributed by atoms with Crippen molar-refractivity contribution in [3.63, 3.8) is 0 Å². The van der Waals surface area contributed by atoms with Crippen molar-refractivity contribution in [3.05, 3.63) is 89.0 Å². The first-order chi connectivity index (χ1) is 20.3. The van der Waals surface area contributed by atoms with Crippen molar-refractivity contribution >= 4 is 42.6 Å². The third-order valence-corrected chi connectivity index (χ3v) is 10.7. The van der Waals surface area contributed by atoms with Gasteiger partial charge in [0.05, 0.1) is 28.3 Å². The van der Waals surface area contributed by atoms with Crippen molar-refractivity contribution in [3.8, 4) is 0 Å². The van der Waals surface area contributed by atoms with Crippen LogP contribution < -0.4 is 4.90 Å². The highest BCUT2D eigenvalue weighted by Gasteiger charge is 2.26. The van der Waals surface area contributed by atoms with E-state index in [9.17, 15) is 13.2 Å². The number of morpholine rings is 1. The molecule has 1 amide bonds. The zero-order valence-electron chi connectivity index (χ0n) is 24.5. The van der Waals surface area contributed by atoms with E-state index in [1.165, 1.54) is 27.8 Å². The molecule has 1 saturated heterocycles. The smallest absolute Gasteiger partial charge is 0.260 e. The highest BCUT2D eigenvalue weighted by Crippen LogP contribution is 2.33. The second kappa shape index (κ2) is 13.4. The minimum atomic E-state index is -3.73. The van der Waals surface area contributed by atoms with Crippen LogP contribution in [0.1, 0.15) is 40.4 Å². The van der Waals surface area contributed by atoms with Gasteiger partial charge in [-0.25, -0.2) is 13.4 Å². The van der Waals surface area contributed by atoms with Gasteiger partial charge in [-0.2, -0.15) is 4.31 Å². The molecule has 0 radical (unpaired) electrons. The third-order valence-electron chi connectivity index (χ3n) is 7.54. The number of sulfonamides is 1. The Kier molecular flexibility index (Phi) is 9.70. The fourth-order valence-corrected chi connectivity index (χ4v) is 7.75. The summed E-state index contributed by atoms with van der Waals surface area (Å²) in [5.74, 6) is -0.189. The average Bonchev–Trinajstić information content (AvgIpc) is 3.43. The molecule has 0 N–H and O–H groups in total. The molecule has 0 bridgehead atoms. The average molecular weight is 607 g/mol. The minimum absolute atomic E-state index is 0.168. The number of hydrogen-bond acceptors (Lipinski definition) is 7. The molecule has 1 aromatic heterocycles. The molecule has 5 rings (SSSR count). The molecular weight excluding hydrogens is 569 g/mol. The zero-order chi connectivity index (χ0) is 29.7. The van der Waals surface area contributed by atoms with Crippen LogP contribution in [0.15, 0.2) is 71.6 Å². The Bertz CT molecular complexity index is 1620. The summed E-state index contributed by atoms with van der Waals surface area (Å²) in [6.07, 6.45) is 0.789. The van der Waals surface area contributed by atoms with Crippen molar-refractivity contribution < 1.29 is 17.9 Å². The molecule has 2 heterocycles. The fraction of sp³-hybridized carbons (Fsp3) is 0.375. The molecule has 3 aromatic carbocycles. The van der Waals surface area contributed by atoms with E-state index in [-0.39, 0.29) is 17.3 Å². The molecule has 1 aliphatic heterocycles. The molecule has 0 unspecified atom stereocenters. The number of ether oxygens (including phenoxy) is 1. The predicted octanol–water partition coefficient (Wildman–Crippen LogP) is 5.49. The zero-order valence-corrected chi connectivity index (χ0v) is 26.1. The predicted molar refractivity (Wildman–Crippen MR) is 169 cm³/mol. The number of aromatic nitrogens is 1. The lowest BCUT2D eigenvalue weighted by Crippen LogP contribution is -2.39. The maximum Gasteiger partial charge on any atom is 0.260 e. The summed E-state index contributed by atoms with van der Waals surface area (Å²) in [5.41, 5.74) is 4.51. The first-order valence-corrected chi connectivity index (χ1v) is 16.7. The molecule has 0 spiro atoms. The van der Waals surface area contributed by atoms with Gasteiger partial charge in [0.25, 0.3) is 5.91 Å². The van der Waals surface area contributed by atoms with Crippen LogP contribution in [0.25, 0.3) is 10.2 Å². The Morgan fingerprint density at radius 1 is 1.02 bits per heavy atom. The summed E-state index contributed by atoms with van der Waals surface area (Å²) < 4.78 is 34.9. The number of carbonyl (C=O) groups excluding carboxylic acids is 1. The fourth-order valence-electron chi connectivity index (χ4n) is 5.27. The normalized spacial score (nSPS) is 14.5. The van der Waals surface area contributed by atoms with Crippen LogP contribution >= 0.6 is 11.3 Å². The number of benzene rings is 3. The maximum atomic E-state index is 13.9. The van der Waals surface area contributed by atoms with Crippen LogP contribution in [0.4, 0.5) is 5.13 Å². The Morgan fingerprint density at radius 2 is 1.74 bits per heavy atom. The van der Waals surface area contributed by atoms with Gasteiger partial charge in [0, 0.05) is 44.8 Å². The number of nitrogens with zero attached hydrogens (tertiary/aromatic N) is 4. The SMILES string of the molecule is CCN(Cc1ccccc1)S(=O)(=O)c1ccc(C(=O)N(CCCN2CCOCC2)c2nc3cc(C)cc(C)c3s2)cc1. The quantitative estimate of drug-likeness (QED) is 0.225. The van der Waals surface area contributed by atoms with Crippen LogP contribution in [0, 0.1) is 13.8 Å². The van der Waals surface area contributed by atoms with Crippen LogP contribution in [-0.4, -0.2) is 74.5 Å². The summed E-state index contributed by atoms with van der Waals surface area (Å²) in [6.45, 7) is 11.2. The first-order valence-electron chi connectivity index (χ1n) is 14.4. The molecule has 1 aliphatic rings. The second-order valence-electron chi connectivity index (χ2n) is 10.6. The van der Waals surface area contributed by atoms with Gasteiger partial charge in [0.1, 0.15) is 0 Å². The van der Waals surface area contributed by atoms with Crippen LogP contribution in [-0.2, 0) is 21.3 Å². The highest BCUT2D eigenvalue weighted by atomic mass is 32.2. The van der Waals surface area contributed by atoms with E-state index in [4.69, 9.17) is 9.72 Å². The van der Waals surface area contributed by atoms with E-state index in [0.717, 1.165) is 66.2 Å². The summed E-state index contributed by atoms with van der Waals surface area (Å²) >= 11 is 1.52. The molecule has 8 nitrogen and oxygen atoms in total. The highest BCUT2D eigenvalue weighted by molar-refractivity contribution is 7.89. The van der Waals surface area contributed by atoms with E-state index >= 15 is 0 Å². The number of aryl methyl sites for hydroxylation is 2. The van der Waals surface area contributed by atoms with Crippen molar-refractivity contribution in [2.75, 3.05) is 50.8 Å². The summed E-state index contributed by atoms with van der Waals surface area (Å²) in [4.78, 5) is 23.1. The van der Waals surface area contributed by atoms with Gasteiger partial charge in [0.2, 0.25) is 10.0 Å². The third kappa shape index (κ3) is 6.90. The molecule has 222 valence electrons. The molecule has 42 heavy (non-hydrogen) atoms. The first kappa shape index (κ1) is 30.3. The number of rotatable bonds is 11. The molecule has 0 aliphatic carbocycles. The van der Waals surface area contributed by atoms with Crippen LogP contribution in [0.5, 0.6) is 0 Å². The van der Waals surface area contributed by atoms with E-state index < -0.39 is 10.0 Å². The number of hydrogen-bond donors (Lipinski definition) is 0. The Labute approximate surface area is 252 Å². The molecular formula is C32H38N4O4S2. The molecule has 10 heteroatoms. The minimum Gasteiger partial charge on any atom is -0.379 e. The van der Waals surface area contributed by atoms with Gasteiger partial charge < -0.3 is 4.74 Å². The van der Waals surface area contributed by atoms with E-state index in [1.807, 2.05) is 50.2 Å². The Balaban J connectivity index is 1.38. The lowest BCUT2D eigenvalue weighted by molar-refractivity contribution is 0.0376. The lowest BCUT2D eigenvalue weighted by Gasteiger charge is -2.27. The van der Waals surface area contributed by atoms with Gasteiger partial charge in [-0.1, -0.05) is 54.7 Å². The van der Waals surface area contributed by atoms with E-state index in [2.05, 4.69) is 17.9 Å². The second-order valence-corrected chi connectivity index (χ2v) is 13.5.